The summed E-state index contributed by atoms with van der Waals surface area (Å²) in [5.74, 6) is 0.873. The van der Waals surface area contributed by atoms with Crippen LogP contribution >= 0.6 is 0 Å². The van der Waals surface area contributed by atoms with Gasteiger partial charge < -0.3 is 25.0 Å². The van der Waals surface area contributed by atoms with Crippen LogP contribution in [0.3, 0.4) is 0 Å². The minimum Gasteiger partial charge on any atom is -0.491 e. The lowest BCUT2D eigenvalue weighted by Crippen LogP contribution is -2.36. The van der Waals surface area contributed by atoms with E-state index in [2.05, 4.69) is 26.7 Å². The summed E-state index contributed by atoms with van der Waals surface area (Å²) in [6.07, 6.45) is 5.28. The number of benzene rings is 2. The Morgan fingerprint density at radius 2 is 1.94 bits per heavy atom. The van der Waals surface area contributed by atoms with E-state index < -0.39 is 6.09 Å². The van der Waals surface area contributed by atoms with Crippen molar-refractivity contribution in [3.63, 3.8) is 0 Å². The van der Waals surface area contributed by atoms with Gasteiger partial charge in [-0.3, -0.25) is 0 Å². The number of piperidine rings is 1. The molecular formula is C24H27N5O4. The molecule has 2 aliphatic rings. The van der Waals surface area contributed by atoms with E-state index in [-0.39, 0.29) is 12.1 Å². The Morgan fingerprint density at radius 1 is 1.12 bits per heavy atom. The number of amides is 2. The minimum absolute atomic E-state index is 0.157. The number of urea groups is 1. The highest BCUT2D eigenvalue weighted by atomic mass is 16.5. The highest BCUT2D eigenvalue weighted by molar-refractivity contribution is 6.02. The van der Waals surface area contributed by atoms with E-state index in [1.165, 1.54) is 32.6 Å². The van der Waals surface area contributed by atoms with Crippen LogP contribution in [0.5, 0.6) is 5.75 Å². The first-order valence-electron chi connectivity index (χ1n) is 11.3. The van der Waals surface area contributed by atoms with Crippen LogP contribution in [0.2, 0.25) is 0 Å². The summed E-state index contributed by atoms with van der Waals surface area (Å²) >= 11 is 0. The fourth-order valence-electron chi connectivity index (χ4n) is 4.65. The van der Waals surface area contributed by atoms with Crippen LogP contribution in [-0.4, -0.2) is 48.7 Å². The molecule has 0 spiro atoms. The first-order chi connectivity index (χ1) is 16.2. The van der Waals surface area contributed by atoms with Gasteiger partial charge in [-0.15, -0.1) is 0 Å². The van der Waals surface area contributed by atoms with Crippen LogP contribution in [0.4, 0.5) is 21.0 Å². The lowest BCUT2D eigenvalue weighted by Gasteiger charge is -2.34. The molecule has 2 aliphatic heterocycles. The third-order valence-corrected chi connectivity index (χ3v) is 6.26. The summed E-state index contributed by atoms with van der Waals surface area (Å²) in [7, 11) is 1.30. The first-order valence-corrected chi connectivity index (χ1v) is 11.3. The van der Waals surface area contributed by atoms with Gasteiger partial charge in [-0.05, 0) is 37.5 Å². The van der Waals surface area contributed by atoms with Gasteiger partial charge >= 0.3 is 12.1 Å². The lowest BCUT2D eigenvalue weighted by atomic mass is 9.98. The third-order valence-electron chi connectivity index (χ3n) is 6.26. The summed E-state index contributed by atoms with van der Waals surface area (Å²) < 4.78 is 12.0. The molecule has 1 saturated heterocycles. The molecule has 2 aromatic carbocycles. The van der Waals surface area contributed by atoms with Crippen molar-refractivity contribution >= 4 is 34.4 Å². The van der Waals surface area contributed by atoms with Crippen LogP contribution in [0.15, 0.2) is 42.6 Å². The second-order valence-corrected chi connectivity index (χ2v) is 8.30. The van der Waals surface area contributed by atoms with Gasteiger partial charge in [-0.2, -0.15) is 9.78 Å². The zero-order valence-electron chi connectivity index (χ0n) is 18.5. The lowest BCUT2D eigenvalue weighted by molar-refractivity contribution is 0.170. The molecule has 0 aliphatic carbocycles. The summed E-state index contributed by atoms with van der Waals surface area (Å²) in [4.78, 5) is 27.2. The SMILES string of the molecule is COC(=O)n1ncc2c(NC(=O)NC3CCOc4c3cccc4N3CCCCC3)cccc21. The fraction of sp³-hybridized carbons (Fsp3) is 0.375. The Bertz CT molecular complexity index is 1180. The summed E-state index contributed by atoms with van der Waals surface area (Å²) in [5.41, 5.74) is 3.23. The number of nitrogens with zero attached hydrogens (tertiary/aromatic N) is 3. The Morgan fingerprint density at radius 3 is 2.76 bits per heavy atom. The number of ether oxygens (including phenoxy) is 2. The molecule has 0 radical (unpaired) electrons. The normalized spacial score (nSPS) is 17.7. The summed E-state index contributed by atoms with van der Waals surface area (Å²) in [6, 6.07) is 11.0. The highest BCUT2D eigenvalue weighted by Crippen LogP contribution is 2.40. The average molecular weight is 450 g/mol. The molecule has 3 aromatic rings. The minimum atomic E-state index is -0.588. The van der Waals surface area contributed by atoms with Crippen LogP contribution in [0, 0.1) is 0 Å². The first kappa shape index (κ1) is 21.1. The standard InChI is InChI=1S/C24H27N5O4/c1-32-24(31)29-20-9-6-8-18(17(20)15-25-29)26-23(30)27-19-11-14-33-22-16(19)7-5-10-21(22)28-12-3-2-4-13-28/h5-10,15,19H,2-4,11-14H2,1H3,(H2,26,27,30). The topological polar surface area (TPSA) is 97.7 Å². The van der Waals surface area contributed by atoms with Crippen molar-refractivity contribution < 1.29 is 19.1 Å². The summed E-state index contributed by atoms with van der Waals surface area (Å²) in [5, 5.41) is 10.7. The van der Waals surface area contributed by atoms with E-state index in [9.17, 15) is 9.59 Å². The molecule has 3 heterocycles. The van der Waals surface area contributed by atoms with Gasteiger partial charge in [0.2, 0.25) is 0 Å². The van der Waals surface area contributed by atoms with Gasteiger partial charge in [-0.25, -0.2) is 9.59 Å². The predicted octanol–water partition coefficient (Wildman–Crippen LogP) is 4.29. The maximum absolute atomic E-state index is 12.9. The number of para-hydroxylation sites is 1. The average Bonchev–Trinajstić information content (AvgIpc) is 3.29. The van der Waals surface area contributed by atoms with Gasteiger partial charge in [0.05, 0.1) is 42.8 Å². The van der Waals surface area contributed by atoms with Crippen molar-refractivity contribution in [2.45, 2.75) is 31.7 Å². The number of hydrogen-bond donors (Lipinski definition) is 2. The quantitative estimate of drug-likeness (QED) is 0.619. The molecule has 2 amide bonds. The Kier molecular flexibility index (Phi) is 5.77. The van der Waals surface area contributed by atoms with Gasteiger partial charge in [0.25, 0.3) is 0 Å². The van der Waals surface area contributed by atoms with Gasteiger partial charge in [0.1, 0.15) is 5.75 Å². The molecule has 0 saturated carbocycles. The van der Waals surface area contributed by atoms with Crippen molar-refractivity contribution in [1.29, 1.82) is 0 Å². The molecule has 33 heavy (non-hydrogen) atoms. The molecule has 1 unspecified atom stereocenters. The van der Waals surface area contributed by atoms with Crippen molar-refractivity contribution in [1.82, 2.24) is 15.1 Å². The van der Waals surface area contributed by atoms with E-state index >= 15 is 0 Å². The van der Waals surface area contributed by atoms with E-state index in [0.29, 0.717) is 29.6 Å². The predicted molar refractivity (Wildman–Crippen MR) is 125 cm³/mol. The van der Waals surface area contributed by atoms with E-state index in [0.717, 1.165) is 34.8 Å². The number of hydrogen-bond acceptors (Lipinski definition) is 6. The van der Waals surface area contributed by atoms with Crippen molar-refractivity contribution in [3.05, 3.63) is 48.2 Å². The molecular weight excluding hydrogens is 422 g/mol. The zero-order chi connectivity index (χ0) is 22.8. The molecule has 1 aromatic heterocycles. The molecule has 5 rings (SSSR count). The summed E-state index contributed by atoms with van der Waals surface area (Å²) in [6.45, 7) is 2.60. The third kappa shape index (κ3) is 4.06. The van der Waals surface area contributed by atoms with Gasteiger partial charge in [0.15, 0.2) is 0 Å². The van der Waals surface area contributed by atoms with Crippen LogP contribution in [0.25, 0.3) is 10.9 Å². The number of rotatable bonds is 3. The van der Waals surface area contributed by atoms with E-state index in [1.807, 2.05) is 12.1 Å². The molecule has 0 bridgehead atoms. The number of methoxy groups -OCH3 is 1. The molecule has 172 valence electrons. The number of fused-ring (bicyclic) bond motifs is 2. The maximum atomic E-state index is 12.9. The Balaban J connectivity index is 1.35. The van der Waals surface area contributed by atoms with Crippen LogP contribution < -0.4 is 20.3 Å². The number of carbonyl (C=O) groups is 2. The Hall–Kier alpha value is -3.75. The van der Waals surface area contributed by atoms with E-state index in [4.69, 9.17) is 9.47 Å². The highest BCUT2D eigenvalue weighted by Gasteiger charge is 2.27. The second kappa shape index (κ2) is 9.01. The fourth-order valence-corrected chi connectivity index (χ4v) is 4.65. The molecule has 1 fully saturated rings. The molecule has 2 N–H and O–H groups in total. The van der Waals surface area contributed by atoms with Gasteiger partial charge in [-0.1, -0.05) is 18.2 Å². The van der Waals surface area contributed by atoms with Crippen LogP contribution in [0.1, 0.15) is 37.3 Å². The molecule has 9 heteroatoms. The second-order valence-electron chi connectivity index (χ2n) is 8.30. The maximum Gasteiger partial charge on any atom is 0.434 e. The number of carbonyl (C=O) groups excluding carboxylic acids is 2. The largest absolute Gasteiger partial charge is 0.491 e. The zero-order valence-corrected chi connectivity index (χ0v) is 18.5. The monoisotopic (exact) mass is 449 g/mol. The van der Waals surface area contributed by atoms with Gasteiger partial charge in [0, 0.05) is 30.5 Å². The molecule has 1 atom stereocenters. The van der Waals surface area contributed by atoms with Crippen LogP contribution in [-0.2, 0) is 4.74 Å². The Labute approximate surface area is 191 Å². The van der Waals surface area contributed by atoms with Crippen molar-refractivity contribution in [2.24, 2.45) is 0 Å². The number of anilines is 2. The van der Waals surface area contributed by atoms with Crippen molar-refractivity contribution in [3.8, 4) is 5.75 Å². The molecule has 9 nitrogen and oxygen atoms in total. The van der Waals surface area contributed by atoms with E-state index in [1.54, 1.807) is 18.2 Å². The number of aromatic nitrogens is 2. The van der Waals surface area contributed by atoms with Crippen molar-refractivity contribution in [2.75, 3.05) is 37.0 Å². The number of nitrogens with one attached hydrogen (secondary N) is 2. The smallest absolute Gasteiger partial charge is 0.434 e.